The average Bonchev–Trinajstić information content (AvgIpc) is 2.81. The number of nitrogens with one attached hydrogen (secondary N) is 1. The molecule has 1 aliphatic heterocycles. The third-order valence-electron chi connectivity index (χ3n) is 4.29. The van der Waals surface area contributed by atoms with Crippen LogP contribution in [0.4, 0.5) is 4.79 Å². The average molecular weight is 402 g/mol. The minimum Gasteiger partial charge on any atom is -0.366 e. The first-order valence-electron chi connectivity index (χ1n) is 7.61. The summed E-state index contributed by atoms with van der Waals surface area (Å²) in [6.07, 6.45) is 0. The summed E-state index contributed by atoms with van der Waals surface area (Å²) in [6, 6.07) is 13.3. The van der Waals surface area contributed by atoms with E-state index in [9.17, 15) is 14.4 Å². The topological polar surface area (TPSA) is 92.5 Å². The van der Waals surface area contributed by atoms with Gasteiger partial charge in [-0.3, -0.25) is 14.5 Å². The Morgan fingerprint density at radius 2 is 1.92 bits per heavy atom. The highest BCUT2D eigenvalue weighted by Gasteiger charge is 2.49. The number of nitrogens with zero attached hydrogens (tertiary/aromatic N) is 1. The molecule has 1 fully saturated rings. The van der Waals surface area contributed by atoms with Crippen molar-refractivity contribution in [1.82, 2.24) is 10.2 Å². The van der Waals surface area contributed by atoms with E-state index in [1.165, 1.54) is 6.07 Å². The van der Waals surface area contributed by atoms with E-state index in [-0.39, 0.29) is 18.0 Å². The van der Waals surface area contributed by atoms with Crippen LogP contribution in [0.3, 0.4) is 0 Å². The number of benzene rings is 2. The maximum absolute atomic E-state index is 12.9. The lowest BCUT2D eigenvalue weighted by atomic mass is 9.90. The maximum Gasteiger partial charge on any atom is 0.325 e. The molecule has 4 amide bonds. The van der Waals surface area contributed by atoms with Crippen LogP contribution in [0.1, 0.15) is 28.4 Å². The summed E-state index contributed by atoms with van der Waals surface area (Å²) in [4.78, 5) is 37.9. The van der Waals surface area contributed by atoms with Crippen molar-refractivity contribution in [3.05, 3.63) is 69.7 Å². The van der Waals surface area contributed by atoms with Crippen LogP contribution in [0.25, 0.3) is 0 Å². The van der Waals surface area contributed by atoms with E-state index in [4.69, 9.17) is 5.73 Å². The van der Waals surface area contributed by atoms with Gasteiger partial charge in [0, 0.05) is 10.0 Å². The fraction of sp³-hybridized carbons (Fsp3) is 0.167. The van der Waals surface area contributed by atoms with Crippen LogP contribution >= 0.6 is 15.9 Å². The van der Waals surface area contributed by atoms with Crippen molar-refractivity contribution in [3.63, 3.8) is 0 Å². The number of halogens is 1. The second kappa shape index (κ2) is 6.33. The number of urea groups is 1. The van der Waals surface area contributed by atoms with Crippen molar-refractivity contribution >= 4 is 33.8 Å². The molecule has 0 saturated carbocycles. The van der Waals surface area contributed by atoms with Crippen LogP contribution in [0.2, 0.25) is 0 Å². The zero-order chi connectivity index (χ0) is 18.2. The zero-order valence-corrected chi connectivity index (χ0v) is 15.0. The van der Waals surface area contributed by atoms with Crippen LogP contribution in [0.15, 0.2) is 53.0 Å². The molecule has 128 valence electrons. The van der Waals surface area contributed by atoms with Crippen LogP contribution in [0, 0.1) is 0 Å². The number of rotatable bonds is 4. The molecule has 0 spiro atoms. The first-order valence-corrected chi connectivity index (χ1v) is 8.40. The third-order valence-corrected chi connectivity index (χ3v) is 5.06. The first kappa shape index (κ1) is 17.2. The van der Waals surface area contributed by atoms with Crippen molar-refractivity contribution < 1.29 is 14.4 Å². The molecule has 3 rings (SSSR count). The highest BCUT2D eigenvalue weighted by atomic mass is 79.9. The largest absolute Gasteiger partial charge is 0.366 e. The summed E-state index contributed by atoms with van der Waals surface area (Å²) in [5.41, 5.74) is 5.67. The van der Waals surface area contributed by atoms with Gasteiger partial charge in [0.1, 0.15) is 5.54 Å². The molecule has 1 atom stereocenters. The lowest BCUT2D eigenvalue weighted by molar-refractivity contribution is -0.131. The molecule has 0 aliphatic carbocycles. The molecule has 2 aromatic rings. The zero-order valence-electron chi connectivity index (χ0n) is 13.5. The Morgan fingerprint density at radius 3 is 2.60 bits per heavy atom. The quantitative estimate of drug-likeness (QED) is 0.770. The predicted octanol–water partition coefficient (Wildman–Crippen LogP) is 2.52. The van der Waals surface area contributed by atoms with Gasteiger partial charge in [-0.25, -0.2) is 4.79 Å². The van der Waals surface area contributed by atoms with Crippen molar-refractivity contribution in [2.75, 3.05) is 0 Å². The Bertz CT molecular complexity index is 883. The van der Waals surface area contributed by atoms with Crippen LogP contribution in [0.5, 0.6) is 0 Å². The highest BCUT2D eigenvalue weighted by Crippen LogP contribution is 2.31. The second-order valence-corrected chi connectivity index (χ2v) is 6.84. The monoisotopic (exact) mass is 401 g/mol. The van der Waals surface area contributed by atoms with Crippen molar-refractivity contribution in [1.29, 1.82) is 0 Å². The summed E-state index contributed by atoms with van der Waals surface area (Å²) in [5, 5.41) is 2.72. The molecule has 0 bridgehead atoms. The van der Waals surface area contributed by atoms with Gasteiger partial charge < -0.3 is 11.1 Å². The number of primary amides is 1. The van der Waals surface area contributed by atoms with Crippen molar-refractivity contribution in [2.24, 2.45) is 5.73 Å². The lowest BCUT2D eigenvalue weighted by Crippen LogP contribution is -2.41. The summed E-state index contributed by atoms with van der Waals surface area (Å²) >= 11 is 3.42. The van der Waals surface area contributed by atoms with Gasteiger partial charge in [0.2, 0.25) is 5.91 Å². The molecule has 7 heteroatoms. The molecule has 0 radical (unpaired) electrons. The van der Waals surface area contributed by atoms with Gasteiger partial charge >= 0.3 is 6.03 Å². The molecule has 3 N–H and O–H groups in total. The molecule has 2 aromatic carbocycles. The SMILES string of the molecule is CC1(c2cccc(C(N)=O)c2)NC(=O)N(Cc2ccccc2Br)C1=O. The van der Waals surface area contributed by atoms with E-state index < -0.39 is 17.5 Å². The van der Waals surface area contributed by atoms with E-state index in [0.29, 0.717) is 5.56 Å². The van der Waals surface area contributed by atoms with Gasteiger partial charge in [-0.05, 0) is 36.2 Å². The Hall–Kier alpha value is -2.67. The summed E-state index contributed by atoms with van der Waals surface area (Å²) in [5.74, 6) is -0.970. The number of imide groups is 1. The van der Waals surface area contributed by atoms with Gasteiger partial charge in [0.05, 0.1) is 6.54 Å². The Morgan fingerprint density at radius 1 is 1.20 bits per heavy atom. The van der Waals surface area contributed by atoms with Gasteiger partial charge in [0.15, 0.2) is 0 Å². The maximum atomic E-state index is 12.9. The molecule has 1 heterocycles. The highest BCUT2D eigenvalue weighted by molar-refractivity contribution is 9.10. The van der Waals surface area contributed by atoms with Crippen LogP contribution in [-0.2, 0) is 16.9 Å². The lowest BCUT2D eigenvalue weighted by Gasteiger charge is -2.22. The summed E-state index contributed by atoms with van der Waals surface area (Å²) in [6.45, 7) is 1.77. The fourth-order valence-electron chi connectivity index (χ4n) is 2.82. The summed E-state index contributed by atoms with van der Waals surface area (Å²) < 4.78 is 0.819. The molecule has 1 saturated heterocycles. The molecule has 0 aromatic heterocycles. The summed E-state index contributed by atoms with van der Waals surface area (Å²) in [7, 11) is 0. The molecule has 1 unspecified atom stereocenters. The number of carbonyl (C=O) groups is 3. The number of carbonyl (C=O) groups excluding carboxylic acids is 3. The van der Waals surface area contributed by atoms with Crippen molar-refractivity contribution in [3.8, 4) is 0 Å². The van der Waals surface area contributed by atoms with Gasteiger partial charge in [-0.15, -0.1) is 0 Å². The number of hydrogen-bond acceptors (Lipinski definition) is 3. The Kier molecular flexibility index (Phi) is 4.34. The van der Waals surface area contributed by atoms with E-state index in [0.717, 1.165) is 14.9 Å². The molecule has 1 aliphatic rings. The smallest absolute Gasteiger partial charge is 0.325 e. The number of hydrogen-bond donors (Lipinski definition) is 2. The van der Waals surface area contributed by atoms with Crippen LogP contribution < -0.4 is 11.1 Å². The van der Waals surface area contributed by atoms with Crippen LogP contribution in [-0.4, -0.2) is 22.7 Å². The van der Waals surface area contributed by atoms with E-state index in [1.54, 1.807) is 25.1 Å². The molecule has 25 heavy (non-hydrogen) atoms. The van der Waals surface area contributed by atoms with Gasteiger partial charge in [0.25, 0.3) is 5.91 Å². The third kappa shape index (κ3) is 3.02. The molecule has 6 nitrogen and oxygen atoms in total. The van der Waals surface area contributed by atoms with E-state index in [1.807, 2.05) is 24.3 Å². The predicted molar refractivity (Wildman–Crippen MR) is 95.5 cm³/mol. The van der Waals surface area contributed by atoms with E-state index in [2.05, 4.69) is 21.2 Å². The number of amides is 4. The standard InChI is InChI=1S/C18H16BrN3O3/c1-18(13-7-4-6-11(9-13)15(20)23)16(24)22(17(25)21-18)10-12-5-2-3-8-14(12)19/h2-9H,10H2,1H3,(H2,20,23)(H,21,25). The Balaban J connectivity index is 1.93. The minimum atomic E-state index is -1.25. The van der Waals surface area contributed by atoms with Gasteiger partial charge in [-0.2, -0.15) is 0 Å². The normalized spacial score (nSPS) is 19.8. The minimum absolute atomic E-state index is 0.150. The second-order valence-electron chi connectivity index (χ2n) is 5.98. The van der Waals surface area contributed by atoms with E-state index >= 15 is 0 Å². The Labute approximate surface area is 153 Å². The van der Waals surface area contributed by atoms with Gasteiger partial charge in [-0.1, -0.05) is 46.3 Å². The fourth-order valence-corrected chi connectivity index (χ4v) is 3.23. The number of nitrogens with two attached hydrogens (primary N) is 1. The first-order chi connectivity index (χ1) is 11.8. The molecular formula is C18H16BrN3O3. The molecular weight excluding hydrogens is 386 g/mol. The van der Waals surface area contributed by atoms with Crippen molar-refractivity contribution in [2.45, 2.75) is 19.0 Å².